The third kappa shape index (κ3) is 7.58. The van der Waals surface area contributed by atoms with Crippen molar-refractivity contribution in [2.75, 3.05) is 30.2 Å². The van der Waals surface area contributed by atoms with Crippen LogP contribution >= 0.6 is 0 Å². The van der Waals surface area contributed by atoms with Crippen LogP contribution in [0.5, 0.6) is 0 Å². The zero-order valence-corrected chi connectivity index (χ0v) is 21.5. The Balaban J connectivity index is 2.37. The van der Waals surface area contributed by atoms with E-state index in [-0.39, 0.29) is 12.5 Å². The van der Waals surface area contributed by atoms with Crippen molar-refractivity contribution in [2.24, 2.45) is 0 Å². The van der Waals surface area contributed by atoms with Gasteiger partial charge in [-0.15, -0.1) is 0 Å². The maximum absolute atomic E-state index is 13.6. The van der Waals surface area contributed by atoms with Crippen molar-refractivity contribution in [1.82, 2.24) is 10.2 Å². The van der Waals surface area contributed by atoms with Crippen molar-refractivity contribution in [3.05, 3.63) is 65.7 Å². The molecule has 2 amide bonds. The Bertz CT molecular complexity index is 1040. The number of para-hydroxylation sites is 1. The Morgan fingerprint density at radius 3 is 2.21 bits per heavy atom. The van der Waals surface area contributed by atoms with Gasteiger partial charge in [-0.2, -0.15) is 0 Å². The predicted octanol–water partition coefficient (Wildman–Crippen LogP) is 3.39. The van der Waals surface area contributed by atoms with E-state index in [4.69, 9.17) is 0 Å². The normalized spacial score (nSPS) is 12.1. The Morgan fingerprint density at radius 1 is 0.971 bits per heavy atom. The summed E-state index contributed by atoms with van der Waals surface area (Å²) in [5.41, 5.74) is 2.37. The van der Waals surface area contributed by atoms with Gasteiger partial charge in [-0.1, -0.05) is 69.3 Å². The van der Waals surface area contributed by atoms with Crippen molar-refractivity contribution in [1.29, 1.82) is 0 Å². The Hall–Kier alpha value is -2.87. The van der Waals surface area contributed by atoms with Gasteiger partial charge in [-0.05, 0) is 42.9 Å². The van der Waals surface area contributed by atoms with E-state index in [1.807, 2.05) is 63.2 Å². The molecule has 0 aliphatic heterocycles. The van der Waals surface area contributed by atoms with Crippen LogP contribution in [0.2, 0.25) is 0 Å². The van der Waals surface area contributed by atoms with E-state index < -0.39 is 22.0 Å². The Labute approximate surface area is 204 Å². The van der Waals surface area contributed by atoms with Crippen LogP contribution in [-0.4, -0.2) is 57.1 Å². The fraction of sp³-hybridized carbons (Fsp3) is 0.462. The molecule has 0 heterocycles. The molecule has 0 bridgehead atoms. The van der Waals surface area contributed by atoms with Crippen LogP contribution in [0.25, 0.3) is 0 Å². The van der Waals surface area contributed by atoms with E-state index in [1.165, 1.54) is 4.90 Å². The molecule has 0 spiro atoms. The molecule has 1 atom stereocenters. The number of aryl methyl sites for hydroxylation is 1. The summed E-state index contributed by atoms with van der Waals surface area (Å²) in [4.78, 5) is 28.1. The summed E-state index contributed by atoms with van der Waals surface area (Å²) in [6, 6.07) is 16.2. The fourth-order valence-corrected chi connectivity index (χ4v) is 4.79. The SMILES string of the molecule is CCCNC(=O)[C@@H](CC)N(CCc1ccccc1)C(=O)CN(c1ccccc1CC)S(C)(=O)=O. The number of hydrogen-bond acceptors (Lipinski definition) is 4. The number of benzene rings is 2. The maximum Gasteiger partial charge on any atom is 0.244 e. The molecule has 0 fully saturated rings. The predicted molar refractivity (Wildman–Crippen MR) is 137 cm³/mol. The molecule has 1 N–H and O–H groups in total. The first-order chi connectivity index (χ1) is 16.2. The molecule has 0 aromatic heterocycles. The smallest absolute Gasteiger partial charge is 0.244 e. The van der Waals surface area contributed by atoms with Gasteiger partial charge in [0, 0.05) is 13.1 Å². The fourth-order valence-electron chi connectivity index (χ4n) is 3.91. The quantitative estimate of drug-likeness (QED) is 0.469. The summed E-state index contributed by atoms with van der Waals surface area (Å²) < 4.78 is 26.6. The van der Waals surface area contributed by atoms with E-state index in [0.29, 0.717) is 38.0 Å². The molecular weight excluding hydrogens is 450 g/mol. The lowest BCUT2D eigenvalue weighted by Gasteiger charge is -2.33. The summed E-state index contributed by atoms with van der Waals surface area (Å²) in [6.07, 6.45) is 3.52. The van der Waals surface area contributed by atoms with Crippen LogP contribution < -0.4 is 9.62 Å². The highest BCUT2D eigenvalue weighted by atomic mass is 32.2. The second-order valence-electron chi connectivity index (χ2n) is 8.29. The lowest BCUT2D eigenvalue weighted by atomic mass is 10.1. The van der Waals surface area contributed by atoms with E-state index in [1.54, 1.807) is 12.1 Å². The monoisotopic (exact) mass is 487 g/mol. The second-order valence-corrected chi connectivity index (χ2v) is 10.2. The first-order valence-corrected chi connectivity index (χ1v) is 13.7. The molecule has 34 heavy (non-hydrogen) atoms. The van der Waals surface area contributed by atoms with Gasteiger partial charge in [0.2, 0.25) is 21.8 Å². The summed E-state index contributed by atoms with van der Waals surface area (Å²) >= 11 is 0. The van der Waals surface area contributed by atoms with Gasteiger partial charge < -0.3 is 10.2 Å². The van der Waals surface area contributed by atoms with Gasteiger partial charge in [0.05, 0.1) is 11.9 Å². The molecular formula is C26H37N3O4S. The summed E-state index contributed by atoms with van der Waals surface area (Å²) in [6.45, 7) is 6.25. The number of hydrogen-bond donors (Lipinski definition) is 1. The number of nitrogens with zero attached hydrogens (tertiary/aromatic N) is 2. The molecule has 0 aliphatic carbocycles. The van der Waals surface area contributed by atoms with Crippen LogP contribution in [0.4, 0.5) is 5.69 Å². The van der Waals surface area contributed by atoms with Crippen LogP contribution in [0.1, 0.15) is 44.7 Å². The van der Waals surface area contributed by atoms with Crippen LogP contribution in [-0.2, 0) is 32.5 Å². The third-order valence-corrected chi connectivity index (χ3v) is 6.87. The minimum absolute atomic E-state index is 0.217. The topological polar surface area (TPSA) is 86.8 Å². The van der Waals surface area contributed by atoms with Crippen molar-refractivity contribution in [2.45, 2.75) is 52.5 Å². The lowest BCUT2D eigenvalue weighted by molar-refractivity contribution is -0.139. The van der Waals surface area contributed by atoms with E-state index in [2.05, 4.69) is 5.32 Å². The molecule has 8 heteroatoms. The number of sulfonamides is 1. The average Bonchev–Trinajstić information content (AvgIpc) is 2.83. The molecule has 0 radical (unpaired) electrons. The highest BCUT2D eigenvalue weighted by Crippen LogP contribution is 2.24. The highest BCUT2D eigenvalue weighted by Gasteiger charge is 2.31. The third-order valence-electron chi connectivity index (χ3n) is 5.74. The van der Waals surface area contributed by atoms with Gasteiger partial charge in [0.1, 0.15) is 12.6 Å². The lowest BCUT2D eigenvalue weighted by Crippen LogP contribution is -2.53. The van der Waals surface area contributed by atoms with E-state index in [0.717, 1.165) is 28.1 Å². The Kier molecular flexibility index (Phi) is 10.6. The number of rotatable bonds is 13. The summed E-state index contributed by atoms with van der Waals surface area (Å²) in [7, 11) is -3.73. The van der Waals surface area contributed by atoms with Crippen LogP contribution in [0.15, 0.2) is 54.6 Å². The van der Waals surface area contributed by atoms with Crippen LogP contribution in [0.3, 0.4) is 0 Å². The molecule has 0 saturated heterocycles. The Morgan fingerprint density at radius 2 is 1.62 bits per heavy atom. The van der Waals surface area contributed by atoms with Gasteiger partial charge in [0.15, 0.2) is 0 Å². The number of amides is 2. The molecule has 2 aromatic carbocycles. The molecule has 0 saturated carbocycles. The van der Waals surface area contributed by atoms with Gasteiger partial charge in [-0.25, -0.2) is 8.42 Å². The van der Waals surface area contributed by atoms with Gasteiger partial charge in [0.25, 0.3) is 0 Å². The zero-order valence-electron chi connectivity index (χ0n) is 20.7. The van der Waals surface area contributed by atoms with Gasteiger partial charge in [-0.3, -0.25) is 13.9 Å². The first kappa shape index (κ1) is 27.4. The number of carbonyl (C=O) groups excluding carboxylic acids is 2. The standard InChI is InChI=1S/C26H37N3O4S/c1-5-18-27-26(31)23(7-3)28(19-17-21-13-9-8-10-14-21)25(30)20-29(34(4,32)33)24-16-12-11-15-22(24)6-2/h8-16,23H,5-7,17-20H2,1-4H3,(H,27,31)/t23-/m1/s1. The number of anilines is 1. The summed E-state index contributed by atoms with van der Waals surface area (Å²) in [5.74, 6) is -0.614. The molecule has 2 rings (SSSR count). The highest BCUT2D eigenvalue weighted by molar-refractivity contribution is 7.92. The minimum atomic E-state index is -3.73. The molecule has 0 unspecified atom stereocenters. The molecule has 2 aromatic rings. The summed E-state index contributed by atoms with van der Waals surface area (Å²) in [5, 5.41) is 2.89. The maximum atomic E-state index is 13.6. The van der Waals surface area contributed by atoms with E-state index in [9.17, 15) is 18.0 Å². The molecule has 0 aliphatic rings. The van der Waals surface area contributed by atoms with Crippen molar-refractivity contribution >= 4 is 27.5 Å². The average molecular weight is 488 g/mol. The van der Waals surface area contributed by atoms with Gasteiger partial charge >= 0.3 is 0 Å². The van der Waals surface area contributed by atoms with Crippen LogP contribution in [0, 0.1) is 0 Å². The first-order valence-electron chi connectivity index (χ1n) is 11.9. The molecule has 7 nitrogen and oxygen atoms in total. The largest absolute Gasteiger partial charge is 0.354 e. The zero-order chi connectivity index (χ0) is 25.1. The number of nitrogens with one attached hydrogen (secondary N) is 1. The second kappa shape index (κ2) is 13.1. The number of carbonyl (C=O) groups is 2. The van der Waals surface area contributed by atoms with Crippen molar-refractivity contribution < 1.29 is 18.0 Å². The minimum Gasteiger partial charge on any atom is -0.354 e. The van der Waals surface area contributed by atoms with E-state index >= 15 is 0 Å². The van der Waals surface area contributed by atoms with Crippen molar-refractivity contribution in [3.8, 4) is 0 Å². The van der Waals surface area contributed by atoms with Crippen molar-refractivity contribution in [3.63, 3.8) is 0 Å². The molecule has 186 valence electrons.